The van der Waals surface area contributed by atoms with Crippen molar-refractivity contribution in [1.82, 2.24) is 5.32 Å². The molecule has 0 radical (unpaired) electrons. The molecule has 1 heterocycles. The van der Waals surface area contributed by atoms with Crippen LogP contribution in [0.1, 0.15) is 19.8 Å². The Kier molecular flexibility index (Phi) is 3.30. The van der Waals surface area contributed by atoms with Crippen LogP contribution in [0.2, 0.25) is 0 Å². The Balaban J connectivity index is 2.11. The molecule has 54 valence electrons. The average Bonchev–Trinajstić information content (AvgIpc) is 2.34. The Bertz CT molecular complexity index is 109. The highest BCUT2D eigenvalue weighted by Crippen LogP contribution is 2.15. The van der Waals surface area contributed by atoms with Crippen LogP contribution in [-0.2, 0) is 0 Å². The lowest BCUT2D eigenvalue weighted by atomic mass is 10.4. The standard InChI is InChI=1S/C7H15NS/c1-2-3-5-9-6-4-8-7-9/h7-8H,2-6H2,1H3. The third-order valence-electron chi connectivity index (χ3n) is 1.52. The highest BCUT2D eigenvalue weighted by molar-refractivity contribution is 8.15. The minimum absolute atomic E-state index is 0.637. The maximum Gasteiger partial charge on any atom is 0.00850 e. The monoisotopic (exact) mass is 145 g/mol. The van der Waals surface area contributed by atoms with Crippen LogP contribution in [0.5, 0.6) is 0 Å². The molecule has 0 bridgehead atoms. The molecule has 0 aliphatic carbocycles. The first-order chi connectivity index (χ1) is 4.43. The summed E-state index contributed by atoms with van der Waals surface area (Å²) in [5.74, 6) is 2.81. The van der Waals surface area contributed by atoms with Gasteiger partial charge in [-0.15, -0.1) is 0 Å². The van der Waals surface area contributed by atoms with E-state index in [1.807, 2.05) is 0 Å². The van der Waals surface area contributed by atoms with E-state index in [2.05, 4.69) is 17.7 Å². The van der Waals surface area contributed by atoms with Crippen LogP contribution in [0.15, 0.2) is 0 Å². The van der Waals surface area contributed by atoms with Gasteiger partial charge in [0.2, 0.25) is 0 Å². The van der Waals surface area contributed by atoms with Crippen molar-refractivity contribution in [3.8, 4) is 0 Å². The summed E-state index contributed by atoms with van der Waals surface area (Å²) in [6, 6.07) is 0. The lowest BCUT2D eigenvalue weighted by Gasteiger charge is -1.98. The van der Waals surface area contributed by atoms with Crippen molar-refractivity contribution in [3.63, 3.8) is 0 Å². The van der Waals surface area contributed by atoms with E-state index in [1.54, 1.807) is 0 Å². The Morgan fingerprint density at radius 3 is 3.11 bits per heavy atom. The maximum atomic E-state index is 3.27. The fourth-order valence-electron chi connectivity index (χ4n) is 0.916. The zero-order valence-electron chi connectivity index (χ0n) is 6.02. The highest BCUT2D eigenvalue weighted by atomic mass is 32.2. The second-order valence-electron chi connectivity index (χ2n) is 2.37. The number of hydrogen-bond acceptors (Lipinski definition) is 1. The van der Waals surface area contributed by atoms with E-state index in [0.29, 0.717) is 10.5 Å². The van der Waals surface area contributed by atoms with Crippen LogP contribution < -0.4 is 5.32 Å². The molecule has 1 atom stereocenters. The molecule has 2 heteroatoms. The second-order valence-corrected chi connectivity index (χ2v) is 4.50. The molecule has 0 spiro atoms. The molecule has 1 rings (SSSR count). The molecule has 0 fully saturated rings. The summed E-state index contributed by atoms with van der Waals surface area (Å²) >= 11 is 0. The van der Waals surface area contributed by atoms with Gasteiger partial charge in [0.25, 0.3) is 0 Å². The predicted molar refractivity (Wildman–Crippen MR) is 46.3 cm³/mol. The zero-order chi connectivity index (χ0) is 6.53. The van der Waals surface area contributed by atoms with Gasteiger partial charge in [-0.2, -0.15) is 10.5 Å². The van der Waals surface area contributed by atoms with Crippen LogP contribution in [-0.4, -0.2) is 23.5 Å². The molecule has 1 unspecified atom stereocenters. The van der Waals surface area contributed by atoms with Crippen LogP contribution in [0.4, 0.5) is 0 Å². The van der Waals surface area contributed by atoms with Crippen molar-refractivity contribution in [3.05, 3.63) is 0 Å². The Morgan fingerprint density at radius 2 is 2.56 bits per heavy atom. The Labute approximate surface area is 59.8 Å². The summed E-state index contributed by atoms with van der Waals surface area (Å²) in [6.45, 7) is 3.47. The van der Waals surface area contributed by atoms with Crippen molar-refractivity contribution < 1.29 is 0 Å². The molecule has 0 saturated carbocycles. The van der Waals surface area contributed by atoms with Gasteiger partial charge in [0.15, 0.2) is 0 Å². The van der Waals surface area contributed by atoms with E-state index in [0.717, 1.165) is 0 Å². The first-order valence-electron chi connectivity index (χ1n) is 3.66. The molecule has 1 aliphatic heterocycles. The third-order valence-corrected chi connectivity index (χ3v) is 3.56. The van der Waals surface area contributed by atoms with E-state index in [9.17, 15) is 0 Å². The zero-order valence-corrected chi connectivity index (χ0v) is 6.84. The van der Waals surface area contributed by atoms with Crippen LogP contribution in [0, 0.1) is 0 Å². The maximum absolute atomic E-state index is 3.27. The van der Waals surface area contributed by atoms with Crippen molar-refractivity contribution in [2.45, 2.75) is 19.8 Å². The lowest BCUT2D eigenvalue weighted by molar-refractivity contribution is 0.895. The van der Waals surface area contributed by atoms with Crippen molar-refractivity contribution in [2.24, 2.45) is 0 Å². The van der Waals surface area contributed by atoms with Crippen LogP contribution >= 0.6 is 10.5 Å². The summed E-state index contributed by atoms with van der Waals surface area (Å²) in [5.41, 5.74) is 2.29. The summed E-state index contributed by atoms with van der Waals surface area (Å²) in [6.07, 6.45) is 2.75. The molecule has 0 amide bonds. The number of nitrogens with one attached hydrogen (secondary N) is 1. The van der Waals surface area contributed by atoms with Gasteiger partial charge in [0.05, 0.1) is 0 Å². The van der Waals surface area contributed by atoms with Gasteiger partial charge in [0, 0.05) is 17.8 Å². The van der Waals surface area contributed by atoms with E-state index in [-0.39, 0.29) is 0 Å². The number of unbranched alkanes of at least 4 members (excludes halogenated alkanes) is 1. The van der Waals surface area contributed by atoms with Crippen LogP contribution in [0.3, 0.4) is 0 Å². The molecular formula is C7H15NS. The Hall–Kier alpha value is 0.180. The lowest BCUT2D eigenvalue weighted by Crippen LogP contribution is -2.04. The van der Waals surface area contributed by atoms with Gasteiger partial charge >= 0.3 is 0 Å². The summed E-state index contributed by atoms with van der Waals surface area (Å²) in [5, 5.41) is 3.27. The van der Waals surface area contributed by atoms with Gasteiger partial charge in [-0.1, -0.05) is 13.3 Å². The van der Waals surface area contributed by atoms with Gasteiger partial charge in [0.1, 0.15) is 0 Å². The van der Waals surface area contributed by atoms with Crippen molar-refractivity contribution >= 4 is 16.0 Å². The molecule has 1 nitrogen and oxygen atoms in total. The van der Waals surface area contributed by atoms with Crippen LogP contribution in [0.25, 0.3) is 0 Å². The topological polar surface area (TPSA) is 12.0 Å². The predicted octanol–water partition coefficient (Wildman–Crippen LogP) is 1.42. The average molecular weight is 145 g/mol. The Morgan fingerprint density at radius 1 is 1.67 bits per heavy atom. The quantitative estimate of drug-likeness (QED) is 0.592. The normalized spacial score (nSPS) is 26.1. The van der Waals surface area contributed by atoms with Gasteiger partial charge < -0.3 is 0 Å². The molecule has 0 saturated heterocycles. The molecule has 1 N–H and O–H groups in total. The largest absolute Gasteiger partial charge is 0.289 e. The van der Waals surface area contributed by atoms with Gasteiger partial charge in [-0.3, -0.25) is 5.32 Å². The first-order valence-corrected chi connectivity index (χ1v) is 5.29. The van der Waals surface area contributed by atoms with Crippen molar-refractivity contribution in [1.29, 1.82) is 0 Å². The fourth-order valence-corrected chi connectivity index (χ4v) is 2.75. The number of rotatable bonds is 3. The molecule has 0 aromatic carbocycles. The number of hydrogen-bond donors (Lipinski definition) is 1. The molecular weight excluding hydrogens is 130 g/mol. The summed E-state index contributed by atoms with van der Waals surface area (Å²) < 4.78 is 0. The van der Waals surface area contributed by atoms with E-state index < -0.39 is 0 Å². The highest BCUT2D eigenvalue weighted by Gasteiger charge is 1.99. The molecule has 0 aromatic heterocycles. The molecule has 0 aromatic rings. The van der Waals surface area contributed by atoms with E-state index in [4.69, 9.17) is 0 Å². The first kappa shape index (κ1) is 7.29. The van der Waals surface area contributed by atoms with E-state index >= 15 is 0 Å². The van der Waals surface area contributed by atoms with E-state index in [1.165, 1.54) is 30.9 Å². The summed E-state index contributed by atoms with van der Waals surface area (Å²) in [7, 11) is 0.637. The minimum Gasteiger partial charge on any atom is -0.289 e. The molecule has 9 heavy (non-hydrogen) atoms. The van der Waals surface area contributed by atoms with Gasteiger partial charge in [-0.05, 0) is 12.2 Å². The smallest absolute Gasteiger partial charge is 0.00850 e. The molecule has 1 aliphatic rings. The minimum atomic E-state index is 0.637. The second kappa shape index (κ2) is 4.07. The SMILES string of the molecule is CCCCS1=CNCC1. The van der Waals surface area contributed by atoms with Gasteiger partial charge in [-0.25, -0.2) is 0 Å². The fraction of sp³-hybridized carbons (Fsp3) is 0.857. The van der Waals surface area contributed by atoms with Crippen molar-refractivity contribution in [2.75, 3.05) is 18.1 Å². The third kappa shape index (κ3) is 2.50. The summed E-state index contributed by atoms with van der Waals surface area (Å²) in [4.78, 5) is 0.